The average Bonchev–Trinajstić information content (AvgIpc) is 2.88. The van der Waals surface area contributed by atoms with E-state index in [-0.39, 0.29) is 17.9 Å². The molecule has 0 aromatic carbocycles. The van der Waals surface area contributed by atoms with Gasteiger partial charge in [-0.05, 0) is 25.2 Å². The summed E-state index contributed by atoms with van der Waals surface area (Å²) in [5.41, 5.74) is -0.805. The van der Waals surface area contributed by atoms with E-state index < -0.39 is 11.6 Å². The molecule has 0 atom stereocenters. The number of ether oxygens (including phenoxy) is 1. The molecule has 1 fully saturated rings. The summed E-state index contributed by atoms with van der Waals surface area (Å²) in [5.74, 6) is -0.555. The molecule has 1 aliphatic carbocycles. The van der Waals surface area contributed by atoms with Crippen LogP contribution in [0.15, 0.2) is 0 Å². The highest BCUT2D eigenvalue weighted by Gasteiger charge is 2.36. The number of carbonyl (C=O) groups is 2. The van der Waals surface area contributed by atoms with Gasteiger partial charge >= 0.3 is 5.97 Å². The summed E-state index contributed by atoms with van der Waals surface area (Å²) >= 11 is 0. The Morgan fingerprint density at radius 1 is 1.33 bits per heavy atom. The lowest BCUT2D eigenvalue weighted by molar-refractivity contribution is -0.141. The first-order valence-corrected chi connectivity index (χ1v) is 6.08. The number of rotatable bonds is 3. The topological polar surface area (TPSA) is 55.4 Å². The molecular weight excluding hydrogens is 237 g/mol. The molecule has 0 saturated heterocycles. The van der Waals surface area contributed by atoms with Crippen molar-refractivity contribution in [1.29, 1.82) is 0 Å². The molecule has 0 bridgehead atoms. The second-order valence-corrected chi connectivity index (χ2v) is 6.00. The molecule has 1 aliphatic rings. The maximum atomic E-state index is 11.8. The van der Waals surface area contributed by atoms with Gasteiger partial charge in [0, 0.05) is 6.42 Å². The van der Waals surface area contributed by atoms with Crippen LogP contribution in [0.1, 0.15) is 47.0 Å². The number of halogens is 1. The van der Waals surface area contributed by atoms with E-state index in [0.717, 1.165) is 12.8 Å². The highest BCUT2D eigenvalue weighted by molar-refractivity contribution is 5.82. The van der Waals surface area contributed by atoms with E-state index in [1.54, 1.807) is 6.92 Å². The maximum Gasteiger partial charge on any atom is 0.325 e. The van der Waals surface area contributed by atoms with Crippen LogP contribution in [0.25, 0.3) is 0 Å². The van der Waals surface area contributed by atoms with Gasteiger partial charge < -0.3 is 10.1 Å². The van der Waals surface area contributed by atoms with E-state index in [1.165, 1.54) is 7.11 Å². The number of nitrogens with one attached hydrogen (secondary N) is 1. The van der Waals surface area contributed by atoms with E-state index in [4.69, 9.17) is 0 Å². The number of alkyl halides is 1. The van der Waals surface area contributed by atoms with Crippen molar-refractivity contribution in [1.82, 2.24) is 5.32 Å². The van der Waals surface area contributed by atoms with Crippen molar-refractivity contribution in [3.05, 3.63) is 0 Å². The number of hydrogen-bond donors (Lipinski definition) is 1. The predicted octanol–water partition coefficient (Wildman–Crippen LogP) is 2.22. The van der Waals surface area contributed by atoms with Gasteiger partial charge in [0.1, 0.15) is 12.2 Å². The minimum absolute atomic E-state index is 0.0502. The minimum atomic E-state index is -0.750. The molecule has 0 heterocycles. The van der Waals surface area contributed by atoms with Gasteiger partial charge in [-0.25, -0.2) is 4.39 Å². The zero-order chi connectivity index (χ0) is 14.4. The summed E-state index contributed by atoms with van der Waals surface area (Å²) < 4.78 is 16.2. The summed E-state index contributed by atoms with van der Waals surface area (Å²) in [6.07, 6.45) is 1.98. The largest absolute Gasteiger partial charge is 0.468 e. The number of esters is 1. The molecule has 0 unspecified atom stereocenters. The standard InChI is InChI=1S/C9H17NO3.C4H7F/c1-9(2,3)5-7(11)10-6-8(12)13-4;1-4(5)2-3-4/h5-6H2,1-4H3,(H,10,11);2-3H2,1H3. The normalized spacial score (nSPS) is 16.1. The third kappa shape index (κ3) is 11.4. The number of amides is 1. The van der Waals surface area contributed by atoms with E-state index in [0.29, 0.717) is 6.42 Å². The first-order chi connectivity index (χ1) is 8.06. The molecule has 0 spiro atoms. The van der Waals surface area contributed by atoms with E-state index in [2.05, 4.69) is 10.1 Å². The van der Waals surface area contributed by atoms with Gasteiger partial charge in [0.2, 0.25) is 5.91 Å². The lowest BCUT2D eigenvalue weighted by atomic mass is 9.92. The zero-order valence-electron chi connectivity index (χ0n) is 11.9. The lowest BCUT2D eigenvalue weighted by Gasteiger charge is -2.16. The molecule has 106 valence electrons. The van der Waals surface area contributed by atoms with Gasteiger partial charge in [-0.15, -0.1) is 0 Å². The Kier molecular flexibility index (Phi) is 6.29. The van der Waals surface area contributed by atoms with Crippen LogP contribution in [0.4, 0.5) is 4.39 Å². The average molecular weight is 261 g/mol. The third-order valence-electron chi connectivity index (χ3n) is 2.29. The second-order valence-electron chi connectivity index (χ2n) is 6.00. The van der Waals surface area contributed by atoms with E-state index >= 15 is 0 Å². The second kappa shape index (κ2) is 6.71. The molecule has 5 heteroatoms. The quantitative estimate of drug-likeness (QED) is 0.792. The van der Waals surface area contributed by atoms with Gasteiger partial charge in [-0.1, -0.05) is 20.8 Å². The van der Waals surface area contributed by atoms with Gasteiger partial charge in [-0.2, -0.15) is 0 Å². The van der Waals surface area contributed by atoms with Gasteiger partial charge in [-0.3, -0.25) is 9.59 Å². The van der Waals surface area contributed by atoms with Gasteiger partial charge in [0.05, 0.1) is 7.11 Å². The zero-order valence-corrected chi connectivity index (χ0v) is 11.9. The van der Waals surface area contributed by atoms with Crippen molar-refractivity contribution in [2.45, 2.75) is 52.6 Å². The molecule has 4 nitrogen and oxygen atoms in total. The molecule has 0 radical (unpaired) electrons. The Morgan fingerprint density at radius 3 is 2.06 bits per heavy atom. The van der Waals surface area contributed by atoms with Crippen LogP contribution < -0.4 is 5.32 Å². The molecule has 1 rings (SSSR count). The summed E-state index contributed by atoms with van der Waals surface area (Å²) in [6, 6.07) is 0. The van der Waals surface area contributed by atoms with Crippen molar-refractivity contribution in [2.75, 3.05) is 13.7 Å². The predicted molar refractivity (Wildman–Crippen MR) is 67.8 cm³/mol. The Labute approximate surface area is 108 Å². The molecule has 18 heavy (non-hydrogen) atoms. The summed E-state index contributed by atoms with van der Waals surface area (Å²) in [5, 5.41) is 2.48. The van der Waals surface area contributed by atoms with Crippen LogP contribution in [-0.4, -0.2) is 31.2 Å². The molecule has 1 saturated carbocycles. The fourth-order valence-electron chi connectivity index (χ4n) is 0.959. The van der Waals surface area contributed by atoms with Gasteiger partial charge in [0.15, 0.2) is 0 Å². The number of hydrogen-bond acceptors (Lipinski definition) is 3. The van der Waals surface area contributed by atoms with Gasteiger partial charge in [0.25, 0.3) is 0 Å². The van der Waals surface area contributed by atoms with E-state index in [9.17, 15) is 14.0 Å². The SMILES string of the molecule is CC1(F)CC1.COC(=O)CNC(=O)CC(C)(C)C. The molecule has 1 N–H and O–H groups in total. The Morgan fingerprint density at radius 2 is 1.78 bits per heavy atom. The smallest absolute Gasteiger partial charge is 0.325 e. The van der Waals surface area contributed by atoms with Crippen LogP contribution >= 0.6 is 0 Å². The number of carbonyl (C=O) groups excluding carboxylic acids is 2. The van der Waals surface area contributed by atoms with Crippen LogP contribution in [-0.2, 0) is 14.3 Å². The van der Waals surface area contributed by atoms with Crippen molar-refractivity contribution in [3.8, 4) is 0 Å². The molecule has 0 aliphatic heterocycles. The fourth-order valence-corrected chi connectivity index (χ4v) is 0.959. The van der Waals surface area contributed by atoms with Crippen LogP contribution in [0.5, 0.6) is 0 Å². The minimum Gasteiger partial charge on any atom is -0.468 e. The molecular formula is C13H24FNO3. The Bertz CT molecular complexity index is 289. The van der Waals surface area contributed by atoms with Crippen molar-refractivity contribution in [2.24, 2.45) is 5.41 Å². The summed E-state index contributed by atoms with van der Waals surface area (Å²) in [6.45, 7) is 7.47. The van der Waals surface area contributed by atoms with Crippen LogP contribution in [0.2, 0.25) is 0 Å². The van der Waals surface area contributed by atoms with Crippen molar-refractivity contribution >= 4 is 11.9 Å². The lowest BCUT2D eigenvalue weighted by Crippen LogP contribution is -2.32. The molecule has 0 aromatic heterocycles. The number of methoxy groups -OCH3 is 1. The van der Waals surface area contributed by atoms with Crippen molar-refractivity contribution in [3.63, 3.8) is 0 Å². The maximum absolute atomic E-state index is 11.8. The first kappa shape index (κ1) is 16.9. The van der Waals surface area contributed by atoms with Crippen LogP contribution in [0.3, 0.4) is 0 Å². The molecule has 0 aromatic rings. The van der Waals surface area contributed by atoms with E-state index in [1.807, 2.05) is 20.8 Å². The summed E-state index contributed by atoms with van der Waals surface area (Å²) in [7, 11) is 1.29. The first-order valence-electron chi connectivity index (χ1n) is 6.08. The molecule has 1 amide bonds. The Hall–Kier alpha value is -1.13. The van der Waals surface area contributed by atoms with Crippen LogP contribution in [0, 0.1) is 5.41 Å². The highest BCUT2D eigenvalue weighted by Crippen LogP contribution is 2.38. The highest BCUT2D eigenvalue weighted by atomic mass is 19.1. The van der Waals surface area contributed by atoms with Crippen molar-refractivity contribution < 1.29 is 18.7 Å². The fraction of sp³-hybridized carbons (Fsp3) is 0.846. The monoisotopic (exact) mass is 261 g/mol. The third-order valence-corrected chi connectivity index (χ3v) is 2.29. The summed E-state index contributed by atoms with van der Waals surface area (Å²) in [4.78, 5) is 21.8. The Balaban J connectivity index is 0.000000473.